The Labute approximate surface area is 147 Å². The van der Waals surface area contributed by atoms with Gasteiger partial charge in [0.05, 0.1) is 6.54 Å². The van der Waals surface area contributed by atoms with E-state index in [1.807, 2.05) is 0 Å². The molecule has 0 amide bonds. The highest BCUT2D eigenvalue weighted by Crippen LogP contribution is 2.33. The maximum absolute atomic E-state index is 12.5. The molecule has 0 unspecified atom stereocenters. The fraction of sp³-hybridized carbons (Fsp3) is 0.714. The van der Waals surface area contributed by atoms with Crippen molar-refractivity contribution in [2.45, 2.75) is 30.3 Å². The highest BCUT2D eigenvalue weighted by atomic mass is 32.2. The Morgan fingerprint density at radius 2 is 2.12 bits per heavy atom. The molecule has 2 N–H and O–H groups in total. The fourth-order valence-electron chi connectivity index (χ4n) is 2.34. The summed E-state index contributed by atoms with van der Waals surface area (Å²) < 4.78 is 43.2. The van der Waals surface area contributed by atoms with Gasteiger partial charge in [-0.2, -0.15) is 24.9 Å². The van der Waals surface area contributed by atoms with Crippen LogP contribution in [0, 0.1) is 0 Å². The third-order valence-corrected chi connectivity index (χ3v) is 6.16. The van der Waals surface area contributed by atoms with Gasteiger partial charge in [-0.1, -0.05) is 0 Å². The van der Waals surface area contributed by atoms with Crippen molar-refractivity contribution >= 4 is 29.1 Å². The Balaban J connectivity index is 1.85. The molecule has 1 aromatic rings. The third-order valence-electron chi connectivity index (χ3n) is 3.89. The van der Waals surface area contributed by atoms with Crippen molar-refractivity contribution in [2.75, 3.05) is 33.1 Å². The van der Waals surface area contributed by atoms with Gasteiger partial charge >= 0.3 is 6.18 Å². The van der Waals surface area contributed by atoms with Gasteiger partial charge in [-0.3, -0.25) is 4.99 Å². The van der Waals surface area contributed by atoms with Gasteiger partial charge in [-0.05, 0) is 19.1 Å². The van der Waals surface area contributed by atoms with Crippen LogP contribution in [0.1, 0.15) is 23.5 Å². The second kappa shape index (κ2) is 8.39. The molecule has 0 aliphatic carbocycles. The smallest absolute Gasteiger partial charge is 0.381 e. The summed E-state index contributed by atoms with van der Waals surface area (Å²) in [5.41, 5.74) is -0.851. The van der Waals surface area contributed by atoms with Crippen molar-refractivity contribution in [2.24, 2.45) is 4.99 Å². The lowest BCUT2D eigenvalue weighted by atomic mass is 9.99. The minimum absolute atomic E-state index is 0.0977. The number of alkyl halides is 3. The first-order valence-electron chi connectivity index (χ1n) is 7.47. The molecule has 0 saturated carbocycles. The Morgan fingerprint density at radius 3 is 2.67 bits per heavy atom. The van der Waals surface area contributed by atoms with Crippen molar-refractivity contribution < 1.29 is 17.9 Å². The molecule has 1 aliphatic rings. The Morgan fingerprint density at radius 1 is 1.42 bits per heavy atom. The molecule has 1 aromatic heterocycles. The highest BCUT2D eigenvalue weighted by Gasteiger charge is 2.34. The lowest BCUT2D eigenvalue weighted by Gasteiger charge is -2.36. The van der Waals surface area contributed by atoms with E-state index in [-0.39, 0.29) is 11.3 Å². The largest absolute Gasteiger partial charge is 0.434 e. The molecule has 0 radical (unpaired) electrons. The van der Waals surface area contributed by atoms with Crippen LogP contribution in [-0.4, -0.2) is 48.8 Å². The summed E-state index contributed by atoms with van der Waals surface area (Å²) in [4.78, 5) is 7.71. The van der Waals surface area contributed by atoms with Crippen LogP contribution in [0.25, 0.3) is 0 Å². The molecule has 1 fully saturated rings. The first kappa shape index (κ1) is 19.3. The van der Waals surface area contributed by atoms with Crippen LogP contribution >= 0.6 is 23.1 Å². The van der Waals surface area contributed by atoms with Crippen molar-refractivity contribution in [1.29, 1.82) is 0 Å². The number of hydrogen-bond donors (Lipinski definition) is 2. The lowest BCUT2D eigenvalue weighted by Crippen LogP contribution is -2.47. The van der Waals surface area contributed by atoms with Crippen molar-refractivity contribution in [3.8, 4) is 0 Å². The van der Waals surface area contributed by atoms with Crippen LogP contribution < -0.4 is 10.6 Å². The van der Waals surface area contributed by atoms with Gasteiger partial charge in [0, 0.05) is 36.9 Å². The molecular formula is C14H21F3N4OS2. The predicted molar refractivity (Wildman–Crippen MR) is 91.6 cm³/mol. The molecule has 136 valence electrons. The average molecular weight is 382 g/mol. The van der Waals surface area contributed by atoms with Crippen molar-refractivity contribution in [1.82, 2.24) is 15.6 Å². The summed E-state index contributed by atoms with van der Waals surface area (Å²) in [6, 6.07) is 0. The highest BCUT2D eigenvalue weighted by molar-refractivity contribution is 8.00. The molecule has 0 atom stereocenters. The zero-order valence-corrected chi connectivity index (χ0v) is 15.2. The number of ether oxygens (including phenoxy) is 1. The monoisotopic (exact) mass is 382 g/mol. The molecule has 24 heavy (non-hydrogen) atoms. The van der Waals surface area contributed by atoms with Crippen LogP contribution in [0.4, 0.5) is 13.2 Å². The minimum Gasteiger partial charge on any atom is -0.381 e. The SMILES string of the molecule is CN=C(NCc1nc(C(F)(F)F)cs1)NCC1(SC)CCOCC1. The van der Waals surface area contributed by atoms with Gasteiger partial charge in [0.15, 0.2) is 11.7 Å². The van der Waals surface area contributed by atoms with Crippen molar-refractivity contribution in [3.05, 3.63) is 16.1 Å². The Kier molecular flexibility index (Phi) is 6.76. The predicted octanol–water partition coefficient (Wildman–Crippen LogP) is 2.74. The summed E-state index contributed by atoms with van der Waals surface area (Å²) in [6.07, 6.45) is -0.404. The van der Waals surface area contributed by atoms with Crippen molar-refractivity contribution in [3.63, 3.8) is 0 Å². The number of hydrogen-bond acceptors (Lipinski definition) is 5. The van der Waals surface area contributed by atoms with Gasteiger partial charge in [0.25, 0.3) is 0 Å². The molecule has 10 heteroatoms. The van der Waals surface area contributed by atoms with E-state index in [0.29, 0.717) is 11.0 Å². The van der Waals surface area contributed by atoms with Crippen LogP contribution in [0.3, 0.4) is 0 Å². The summed E-state index contributed by atoms with van der Waals surface area (Å²) in [5, 5.41) is 7.66. The van der Waals surface area contributed by atoms with Gasteiger partial charge in [0.1, 0.15) is 5.01 Å². The Hall–Kier alpha value is -1.00. The van der Waals surface area contributed by atoms with Crippen LogP contribution in [0.2, 0.25) is 0 Å². The number of halogens is 3. The fourth-order valence-corrected chi connectivity index (χ4v) is 3.88. The molecule has 1 aliphatic heterocycles. The molecular weight excluding hydrogens is 361 g/mol. The maximum Gasteiger partial charge on any atom is 0.434 e. The lowest BCUT2D eigenvalue weighted by molar-refractivity contribution is -0.140. The summed E-state index contributed by atoms with van der Waals surface area (Å²) >= 11 is 2.79. The van der Waals surface area contributed by atoms with E-state index < -0.39 is 11.9 Å². The number of aliphatic imine (C=N–C) groups is 1. The van der Waals surface area contributed by atoms with Gasteiger partial charge in [0.2, 0.25) is 0 Å². The van der Waals surface area contributed by atoms with Gasteiger partial charge in [-0.25, -0.2) is 4.98 Å². The van der Waals surface area contributed by atoms with Crippen LogP contribution in [0.5, 0.6) is 0 Å². The summed E-state index contributed by atoms with van der Waals surface area (Å²) in [6.45, 7) is 2.42. The van der Waals surface area contributed by atoms with E-state index in [0.717, 1.165) is 49.3 Å². The number of aromatic nitrogens is 1. The van der Waals surface area contributed by atoms with E-state index in [9.17, 15) is 13.2 Å². The minimum atomic E-state index is -4.40. The van der Waals surface area contributed by atoms with E-state index >= 15 is 0 Å². The van der Waals surface area contributed by atoms with Crippen LogP contribution in [0.15, 0.2) is 10.4 Å². The summed E-state index contributed by atoms with van der Waals surface area (Å²) in [7, 11) is 1.63. The van der Waals surface area contributed by atoms with E-state index in [1.54, 1.807) is 18.8 Å². The maximum atomic E-state index is 12.5. The number of guanidine groups is 1. The van der Waals surface area contributed by atoms with Gasteiger partial charge in [-0.15, -0.1) is 11.3 Å². The second-order valence-electron chi connectivity index (χ2n) is 5.40. The quantitative estimate of drug-likeness (QED) is 0.606. The molecule has 1 saturated heterocycles. The normalized spacial score (nSPS) is 18.5. The zero-order valence-electron chi connectivity index (χ0n) is 13.6. The molecule has 2 heterocycles. The van der Waals surface area contributed by atoms with Crippen LogP contribution in [-0.2, 0) is 17.5 Å². The van der Waals surface area contributed by atoms with Gasteiger partial charge < -0.3 is 15.4 Å². The number of rotatable bonds is 5. The van der Waals surface area contributed by atoms with E-state index in [4.69, 9.17) is 4.74 Å². The number of thiazole rings is 1. The number of nitrogens with one attached hydrogen (secondary N) is 2. The van der Waals surface area contributed by atoms with E-state index in [2.05, 4.69) is 26.9 Å². The number of thioether (sulfide) groups is 1. The Bertz CT molecular complexity index is 556. The summed E-state index contributed by atoms with van der Waals surface area (Å²) in [5.74, 6) is 0.554. The average Bonchev–Trinajstić information content (AvgIpc) is 3.05. The third kappa shape index (κ3) is 5.25. The second-order valence-corrected chi connectivity index (χ2v) is 7.62. The molecule has 0 bridgehead atoms. The molecule has 0 aromatic carbocycles. The zero-order chi connectivity index (χ0) is 17.6. The molecule has 2 rings (SSSR count). The van der Waals surface area contributed by atoms with E-state index in [1.165, 1.54) is 0 Å². The first-order chi connectivity index (χ1) is 11.4. The standard InChI is InChI=1S/C14H21F3N4OS2/c1-18-12(20-9-13(23-2)3-5-22-6-4-13)19-7-11-21-10(8-24-11)14(15,16)17/h8H,3-7,9H2,1-2H3,(H2,18,19,20). The molecule has 0 spiro atoms. The topological polar surface area (TPSA) is 58.5 Å². The molecule has 5 nitrogen and oxygen atoms in total. The number of nitrogens with zero attached hydrogens (tertiary/aromatic N) is 2. The first-order valence-corrected chi connectivity index (χ1v) is 9.58.